The second-order valence-electron chi connectivity index (χ2n) is 7.98. The molecule has 0 saturated carbocycles. The summed E-state index contributed by atoms with van der Waals surface area (Å²) in [4.78, 5) is 17.3. The van der Waals surface area contributed by atoms with E-state index in [2.05, 4.69) is 4.90 Å². The number of amides is 1. The molecule has 2 aliphatic rings. The van der Waals surface area contributed by atoms with Gasteiger partial charge in [-0.25, -0.2) is 8.42 Å². The number of benzene rings is 1. The molecule has 0 spiro atoms. The molecule has 1 aromatic heterocycles. The number of carbonyl (C=O) groups is 1. The molecule has 4 rings (SSSR count). The molecule has 1 aromatic carbocycles. The van der Waals surface area contributed by atoms with E-state index in [1.165, 1.54) is 13.5 Å². The van der Waals surface area contributed by atoms with Crippen molar-refractivity contribution in [2.75, 3.05) is 36.6 Å². The van der Waals surface area contributed by atoms with Gasteiger partial charge in [0.15, 0.2) is 15.7 Å². The van der Waals surface area contributed by atoms with E-state index >= 15 is 0 Å². The number of carbonyl (C=O) groups excluding carboxylic acids is 1. The molecule has 2 saturated heterocycles. The monoisotopic (exact) mass is 432 g/mol. The molecular weight excluding hydrogens is 404 g/mol. The average molecular weight is 433 g/mol. The van der Waals surface area contributed by atoms with Gasteiger partial charge in [0.05, 0.1) is 30.7 Å². The summed E-state index contributed by atoms with van der Waals surface area (Å²) in [6.07, 6.45) is 3.97. The zero-order valence-electron chi connectivity index (χ0n) is 17.2. The largest absolute Gasteiger partial charge is 0.496 e. The Morgan fingerprint density at radius 2 is 1.93 bits per heavy atom. The van der Waals surface area contributed by atoms with Crippen molar-refractivity contribution < 1.29 is 22.4 Å². The van der Waals surface area contributed by atoms with Crippen molar-refractivity contribution in [1.29, 1.82) is 0 Å². The predicted octanol–water partition coefficient (Wildman–Crippen LogP) is 3.11. The van der Waals surface area contributed by atoms with E-state index in [9.17, 15) is 13.2 Å². The summed E-state index contributed by atoms with van der Waals surface area (Å²) in [5.41, 5.74) is 0.423. The summed E-state index contributed by atoms with van der Waals surface area (Å²) < 4.78 is 35.6. The summed E-state index contributed by atoms with van der Waals surface area (Å²) in [6.45, 7) is 2.17. The van der Waals surface area contributed by atoms with Gasteiger partial charge in [0.1, 0.15) is 11.5 Å². The van der Waals surface area contributed by atoms with E-state index in [1.807, 2.05) is 12.1 Å². The maximum atomic E-state index is 13.4. The molecule has 0 radical (unpaired) electrons. The van der Waals surface area contributed by atoms with E-state index in [-0.39, 0.29) is 30.0 Å². The van der Waals surface area contributed by atoms with Crippen LogP contribution in [0.3, 0.4) is 0 Å². The predicted molar refractivity (Wildman–Crippen MR) is 115 cm³/mol. The van der Waals surface area contributed by atoms with Gasteiger partial charge in [-0.05, 0) is 43.9 Å². The number of methoxy groups -OCH3 is 1. The molecule has 0 N–H and O–H groups in total. The van der Waals surface area contributed by atoms with Crippen LogP contribution in [0, 0.1) is 0 Å². The Morgan fingerprint density at radius 1 is 1.17 bits per heavy atom. The van der Waals surface area contributed by atoms with Crippen LogP contribution < -0.4 is 9.64 Å². The molecule has 162 valence electrons. The Labute approximate surface area is 177 Å². The van der Waals surface area contributed by atoms with Gasteiger partial charge in [-0.2, -0.15) is 0 Å². The molecule has 1 unspecified atom stereocenters. The van der Waals surface area contributed by atoms with Crippen molar-refractivity contribution in [3.05, 3.63) is 47.7 Å². The molecule has 1 atom stereocenters. The Kier molecular flexibility index (Phi) is 6.04. The van der Waals surface area contributed by atoms with Gasteiger partial charge < -0.3 is 19.0 Å². The van der Waals surface area contributed by atoms with Crippen LogP contribution in [0.5, 0.6) is 5.75 Å². The maximum Gasteiger partial charge on any atom is 0.258 e. The topological polar surface area (TPSA) is 80.1 Å². The van der Waals surface area contributed by atoms with Gasteiger partial charge in [0, 0.05) is 25.2 Å². The molecular formula is C22H28N2O5S. The van der Waals surface area contributed by atoms with Crippen LogP contribution >= 0.6 is 0 Å². The smallest absolute Gasteiger partial charge is 0.258 e. The summed E-state index contributed by atoms with van der Waals surface area (Å²) >= 11 is 0. The molecule has 2 fully saturated rings. The first-order valence-electron chi connectivity index (χ1n) is 10.4. The van der Waals surface area contributed by atoms with Crippen molar-refractivity contribution in [1.82, 2.24) is 4.90 Å². The number of hydrogen-bond acceptors (Lipinski definition) is 6. The van der Waals surface area contributed by atoms with E-state index in [1.54, 1.807) is 29.2 Å². The highest BCUT2D eigenvalue weighted by Gasteiger charge is 2.36. The van der Waals surface area contributed by atoms with Crippen LogP contribution in [-0.2, 0) is 16.4 Å². The van der Waals surface area contributed by atoms with Gasteiger partial charge in [-0.3, -0.25) is 4.79 Å². The minimum atomic E-state index is -3.14. The quantitative estimate of drug-likeness (QED) is 0.698. The highest BCUT2D eigenvalue weighted by atomic mass is 32.2. The summed E-state index contributed by atoms with van der Waals surface area (Å²) in [5, 5.41) is 0. The fraction of sp³-hybridized carbons (Fsp3) is 0.500. The number of anilines is 1. The number of hydrogen-bond donors (Lipinski definition) is 0. The lowest BCUT2D eigenvalue weighted by molar-refractivity contribution is 0.0663. The molecule has 0 aliphatic carbocycles. The molecule has 1 amide bonds. The van der Waals surface area contributed by atoms with Crippen molar-refractivity contribution in [2.24, 2.45) is 0 Å². The Morgan fingerprint density at radius 3 is 2.63 bits per heavy atom. The van der Waals surface area contributed by atoms with Gasteiger partial charge >= 0.3 is 0 Å². The number of piperidine rings is 1. The fourth-order valence-corrected chi connectivity index (χ4v) is 6.00. The van der Waals surface area contributed by atoms with Crippen molar-refractivity contribution in [3.8, 4) is 5.75 Å². The highest BCUT2D eigenvalue weighted by Crippen LogP contribution is 2.28. The molecule has 8 heteroatoms. The van der Waals surface area contributed by atoms with E-state index in [4.69, 9.17) is 9.15 Å². The first-order chi connectivity index (χ1) is 14.5. The molecule has 7 nitrogen and oxygen atoms in total. The van der Waals surface area contributed by atoms with Crippen molar-refractivity contribution in [2.45, 2.75) is 38.3 Å². The molecule has 30 heavy (non-hydrogen) atoms. The second kappa shape index (κ2) is 8.71. The number of nitrogens with zero attached hydrogens (tertiary/aromatic N) is 2. The Bertz CT molecular complexity index is 994. The minimum absolute atomic E-state index is 0.0203. The normalized spacial score (nSPS) is 20.8. The van der Waals surface area contributed by atoms with Crippen LogP contribution in [0.25, 0.3) is 0 Å². The van der Waals surface area contributed by atoms with E-state index in [0.29, 0.717) is 23.5 Å². The molecule has 2 aliphatic heterocycles. The number of ether oxygens (including phenoxy) is 1. The zero-order chi connectivity index (χ0) is 21.1. The van der Waals surface area contributed by atoms with Crippen LogP contribution in [-0.4, -0.2) is 57.0 Å². The SMILES string of the molecule is COc1ccccc1C(=O)N(Cc1ccc(N2CCCCC2)o1)C1CCS(=O)(=O)C1. The summed E-state index contributed by atoms with van der Waals surface area (Å²) in [6, 6.07) is 10.5. The summed E-state index contributed by atoms with van der Waals surface area (Å²) in [5.74, 6) is 1.78. The number of rotatable bonds is 6. The molecule has 3 heterocycles. The zero-order valence-corrected chi connectivity index (χ0v) is 18.1. The Hall–Kier alpha value is -2.48. The van der Waals surface area contributed by atoms with E-state index < -0.39 is 9.84 Å². The van der Waals surface area contributed by atoms with Crippen LogP contribution in [0.15, 0.2) is 40.8 Å². The standard InChI is InChI=1S/C22H28N2O5S/c1-28-20-8-4-3-7-19(20)22(25)24(17-11-14-30(26,27)16-17)15-18-9-10-21(29-18)23-12-5-2-6-13-23/h3-4,7-10,17H,2,5-6,11-16H2,1H3. The lowest BCUT2D eigenvalue weighted by Crippen LogP contribution is -2.40. The summed E-state index contributed by atoms with van der Waals surface area (Å²) in [7, 11) is -1.62. The van der Waals surface area contributed by atoms with Gasteiger partial charge in [0.25, 0.3) is 5.91 Å². The molecule has 0 bridgehead atoms. The third kappa shape index (κ3) is 4.48. The number of furan rings is 1. The lowest BCUT2D eigenvalue weighted by Gasteiger charge is -2.28. The second-order valence-corrected chi connectivity index (χ2v) is 10.2. The maximum absolute atomic E-state index is 13.4. The van der Waals surface area contributed by atoms with Gasteiger partial charge in [-0.1, -0.05) is 12.1 Å². The number of sulfone groups is 1. The van der Waals surface area contributed by atoms with Crippen molar-refractivity contribution >= 4 is 21.6 Å². The lowest BCUT2D eigenvalue weighted by atomic mass is 10.1. The van der Waals surface area contributed by atoms with Crippen LogP contribution in [0.4, 0.5) is 5.88 Å². The highest BCUT2D eigenvalue weighted by molar-refractivity contribution is 7.91. The third-order valence-electron chi connectivity index (χ3n) is 5.89. The molecule has 2 aromatic rings. The van der Waals surface area contributed by atoms with Crippen LogP contribution in [0.2, 0.25) is 0 Å². The minimum Gasteiger partial charge on any atom is -0.496 e. The first-order valence-corrected chi connectivity index (χ1v) is 12.3. The van der Waals surface area contributed by atoms with Gasteiger partial charge in [-0.15, -0.1) is 0 Å². The van der Waals surface area contributed by atoms with E-state index in [0.717, 1.165) is 31.8 Å². The van der Waals surface area contributed by atoms with Crippen LogP contribution in [0.1, 0.15) is 41.8 Å². The van der Waals surface area contributed by atoms with Crippen molar-refractivity contribution in [3.63, 3.8) is 0 Å². The van der Waals surface area contributed by atoms with Gasteiger partial charge in [0.2, 0.25) is 0 Å². The third-order valence-corrected chi connectivity index (χ3v) is 7.64. The number of para-hydroxylation sites is 1. The first kappa shape index (κ1) is 20.8. The Balaban J connectivity index is 1.59. The fourth-order valence-electron chi connectivity index (χ4n) is 4.27. The average Bonchev–Trinajstić information content (AvgIpc) is 3.38.